The molecule has 2 saturated carbocycles. The second kappa shape index (κ2) is 11.1. The van der Waals surface area contributed by atoms with Gasteiger partial charge in [0.2, 0.25) is 0 Å². The SMILES string of the molecule is CC1(C)CN(CCC[C@@H]2C3CCCNC3COC3CC[C@H](O)CC32)CCC1(O)[C@H]1CC[C@@H](Cl)CC1. The maximum absolute atomic E-state index is 11.9. The summed E-state index contributed by atoms with van der Waals surface area (Å²) in [5.41, 5.74) is -0.659. The summed E-state index contributed by atoms with van der Waals surface area (Å²) in [6, 6.07) is 0.489. The average molecular weight is 511 g/mol. The summed E-state index contributed by atoms with van der Waals surface area (Å²) in [5.74, 6) is 2.24. The van der Waals surface area contributed by atoms with Crippen molar-refractivity contribution < 1.29 is 14.9 Å². The first-order valence-corrected chi connectivity index (χ1v) is 15.3. The fraction of sp³-hybridized carbons (Fsp3) is 1.00. The topological polar surface area (TPSA) is 65.0 Å². The predicted molar refractivity (Wildman–Crippen MR) is 142 cm³/mol. The Morgan fingerprint density at radius 3 is 2.63 bits per heavy atom. The molecule has 0 aromatic rings. The molecule has 0 aromatic carbocycles. The quantitative estimate of drug-likeness (QED) is 0.473. The number of piperidine rings is 2. The van der Waals surface area contributed by atoms with Crippen LogP contribution in [0.3, 0.4) is 0 Å². The van der Waals surface area contributed by atoms with Crippen LogP contribution in [0.1, 0.15) is 90.9 Å². The van der Waals surface area contributed by atoms with E-state index in [0.29, 0.717) is 41.2 Å². The van der Waals surface area contributed by atoms with E-state index in [-0.39, 0.29) is 11.5 Å². The Morgan fingerprint density at radius 2 is 1.86 bits per heavy atom. The third-order valence-corrected chi connectivity index (χ3v) is 11.4. The summed E-state index contributed by atoms with van der Waals surface area (Å²) >= 11 is 6.37. The number of fused-ring (bicyclic) bond motifs is 2. The normalized spacial score (nSPS) is 46.9. The van der Waals surface area contributed by atoms with E-state index < -0.39 is 5.60 Å². The van der Waals surface area contributed by atoms with Crippen molar-refractivity contribution in [2.45, 2.75) is 120 Å². The van der Waals surface area contributed by atoms with Crippen molar-refractivity contribution in [3.8, 4) is 0 Å². The number of hydrogen-bond acceptors (Lipinski definition) is 5. The van der Waals surface area contributed by atoms with Gasteiger partial charge in [0.1, 0.15) is 0 Å². The van der Waals surface area contributed by atoms with Crippen LogP contribution in [0.2, 0.25) is 0 Å². The smallest absolute Gasteiger partial charge is 0.0750 e. The molecule has 5 nitrogen and oxygen atoms in total. The van der Waals surface area contributed by atoms with Gasteiger partial charge in [-0.1, -0.05) is 13.8 Å². The van der Waals surface area contributed by atoms with Crippen molar-refractivity contribution in [2.75, 3.05) is 32.8 Å². The molecular weight excluding hydrogens is 460 g/mol. The number of halogens is 1. The molecule has 35 heavy (non-hydrogen) atoms. The number of nitrogens with zero attached hydrogens (tertiary/aromatic N) is 1. The highest BCUT2D eigenvalue weighted by Crippen LogP contribution is 2.49. The van der Waals surface area contributed by atoms with E-state index in [9.17, 15) is 10.2 Å². The lowest BCUT2D eigenvalue weighted by Gasteiger charge is -2.55. The minimum absolute atomic E-state index is 0.0951. The second-order valence-electron chi connectivity index (χ2n) is 13.5. The Kier molecular flexibility index (Phi) is 8.43. The first kappa shape index (κ1) is 26.7. The number of rotatable bonds is 5. The number of likely N-dealkylation sites (tertiary alicyclic amines) is 1. The molecule has 0 aromatic heterocycles. The molecule has 202 valence electrons. The molecular formula is C29H51ClN2O3. The highest BCUT2D eigenvalue weighted by Gasteiger charge is 2.52. The molecule has 0 radical (unpaired) electrons. The maximum Gasteiger partial charge on any atom is 0.0750 e. The molecule has 7 atom stereocenters. The standard InChI is InChI=1S/C29H51ClN2O3/c1-28(2)19-32(16-13-29(28,34)20-7-9-21(30)10-8-20)15-4-6-23-24-5-3-14-31-26(24)18-35-27-12-11-22(33)17-25(23)27/h20-27,31,33-34H,3-19H2,1-2H3/t20-,21+,22-,23+,24?,25?,26?,27?,29?/m0/s1. The third-order valence-electron chi connectivity index (χ3n) is 11.0. The van der Waals surface area contributed by atoms with Gasteiger partial charge in [-0.3, -0.25) is 0 Å². The highest BCUT2D eigenvalue weighted by molar-refractivity contribution is 6.20. The van der Waals surface area contributed by atoms with Crippen LogP contribution in [0, 0.1) is 29.1 Å². The zero-order valence-electron chi connectivity index (χ0n) is 22.3. The van der Waals surface area contributed by atoms with E-state index >= 15 is 0 Å². The van der Waals surface area contributed by atoms with Crippen LogP contribution in [0.15, 0.2) is 0 Å². The van der Waals surface area contributed by atoms with Gasteiger partial charge in [-0.2, -0.15) is 0 Å². The van der Waals surface area contributed by atoms with Gasteiger partial charge < -0.3 is 25.2 Å². The molecule has 5 aliphatic rings. The van der Waals surface area contributed by atoms with Crippen LogP contribution >= 0.6 is 11.6 Å². The summed E-state index contributed by atoms with van der Waals surface area (Å²) < 4.78 is 6.45. The van der Waals surface area contributed by atoms with Gasteiger partial charge in [0, 0.05) is 29.9 Å². The van der Waals surface area contributed by atoms with Gasteiger partial charge in [-0.05, 0) is 114 Å². The van der Waals surface area contributed by atoms with Gasteiger partial charge >= 0.3 is 0 Å². The Labute approximate surface area is 218 Å². The van der Waals surface area contributed by atoms with E-state index in [2.05, 4.69) is 24.1 Å². The van der Waals surface area contributed by atoms with Crippen LogP contribution in [-0.2, 0) is 4.74 Å². The fourth-order valence-electron chi connectivity index (χ4n) is 8.93. The van der Waals surface area contributed by atoms with Gasteiger partial charge in [0.05, 0.1) is 24.4 Å². The minimum atomic E-state index is -0.564. The number of ether oxygens (including phenoxy) is 1. The van der Waals surface area contributed by atoms with Crippen molar-refractivity contribution >= 4 is 11.6 Å². The predicted octanol–water partition coefficient (Wildman–Crippen LogP) is 4.57. The van der Waals surface area contributed by atoms with Gasteiger partial charge in [-0.15, -0.1) is 11.6 Å². The van der Waals surface area contributed by atoms with Crippen molar-refractivity contribution in [3.63, 3.8) is 0 Å². The van der Waals surface area contributed by atoms with Crippen LogP contribution in [0.5, 0.6) is 0 Å². The van der Waals surface area contributed by atoms with Crippen LogP contribution in [0.25, 0.3) is 0 Å². The molecule has 0 bridgehead atoms. The van der Waals surface area contributed by atoms with Crippen molar-refractivity contribution in [1.29, 1.82) is 0 Å². The number of nitrogens with one attached hydrogen (secondary N) is 1. The van der Waals surface area contributed by atoms with E-state index in [1.54, 1.807) is 0 Å². The number of hydrogen-bond donors (Lipinski definition) is 3. The van der Waals surface area contributed by atoms with Crippen molar-refractivity contribution in [2.24, 2.45) is 29.1 Å². The maximum atomic E-state index is 11.9. The first-order chi connectivity index (χ1) is 16.8. The van der Waals surface area contributed by atoms with E-state index in [1.807, 2.05) is 0 Å². The molecule has 5 fully saturated rings. The molecule has 3 heterocycles. The summed E-state index contributed by atoms with van der Waals surface area (Å²) in [7, 11) is 0. The summed E-state index contributed by atoms with van der Waals surface area (Å²) in [6.07, 6.45) is 13.2. The second-order valence-corrected chi connectivity index (χ2v) is 14.1. The third kappa shape index (κ3) is 5.61. The Balaban J connectivity index is 1.19. The van der Waals surface area contributed by atoms with Crippen molar-refractivity contribution in [3.05, 3.63) is 0 Å². The van der Waals surface area contributed by atoms with E-state index in [4.69, 9.17) is 16.3 Å². The summed E-state index contributed by atoms with van der Waals surface area (Å²) in [6.45, 7) is 9.66. The number of alkyl halides is 1. The van der Waals surface area contributed by atoms with Crippen LogP contribution in [0.4, 0.5) is 0 Å². The zero-order valence-corrected chi connectivity index (χ0v) is 23.0. The van der Waals surface area contributed by atoms with Gasteiger partial charge in [0.15, 0.2) is 0 Å². The Hall–Kier alpha value is 0.0900. The first-order valence-electron chi connectivity index (χ1n) is 14.9. The molecule has 0 spiro atoms. The minimum Gasteiger partial charge on any atom is -0.393 e. The summed E-state index contributed by atoms with van der Waals surface area (Å²) in [5, 5.41) is 26.4. The van der Waals surface area contributed by atoms with Gasteiger partial charge in [0.25, 0.3) is 0 Å². The molecule has 2 aliphatic carbocycles. The molecule has 5 rings (SSSR count). The van der Waals surface area contributed by atoms with Gasteiger partial charge in [-0.25, -0.2) is 0 Å². The number of aliphatic hydroxyl groups is 2. The van der Waals surface area contributed by atoms with Crippen molar-refractivity contribution in [1.82, 2.24) is 10.2 Å². The van der Waals surface area contributed by atoms with Crippen LogP contribution < -0.4 is 5.32 Å². The zero-order chi connectivity index (χ0) is 24.6. The molecule has 3 saturated heterocycles. The van der Waals surface area contributed by atoms with Crippen LogP contribution in [-0.4, -0.2) is 77.1 Å². The van der Waals surface area contributed by atoms with E-state index in [0.717, 1.165) is 84.2 Å². The summed E-state index contributed by atoms with van der Waals surface area (Å²) in [4.78, 5) is 2.62. The molecule has 5 unspecified atom stereocenters. The molecule has 3 N–H and O–H groups in total. The highest BCUT2D eigenvalue weighted by atomic mass is 35.5. The lowest BCUT2D eigenvalue weighted by atomic mass is 9.60. The molecule has 3 aliphatic heterocycles. The lowest BCUT2D eigenvalue weighted by Crippen LogP contribution is -2.61. The van der Waals surface area contributed by atoms with E-state index in [1.165, 1.54) is 25.7 Å². The Bertz CT molecular complexity index is 699. The Morgan fingerprint density at radius 1 is 1.06 bits per heavy atom. The fourth-order valence-corrected chi connectivity index (χ4v) is 9.18. The largest absolute Gasteiger partial charge is 0.393 e. The molecule has 0 amide bonds. The number of aliphatic hydroxyl groups excluding tert-OH is 1. The molecule has 6 heteroatoms. The average Bonchev–Trinajstić information content (AvgIpc) is 2.98. The monoisotopic (exact) mass is 510 g/mol. The lowest BCUT2D eigenvalue weighted by molar-refractivity contribution is -0.161.